The van der Waals surface area contributed by atoms with E-state index < -0.39 is 17.0 Å². The van der Waals surface area contributed by atoms with Crippen LogP contribution < -0.4 is 4.74 Å². The Bertz CT molecular complexity index is 836. The van der Waals surface area contributed by atoms with Crippen molar-refractivity contribution in [2.75, 3.05) is 19.3 Å². The maximum Gasteiger partial charge on any atom is 0.410 e. The zero-order valence-corrected chi connectivity index (χ0v) is 18.4. The lowest BCUT2D eigenvalue weighted by Crippen LogP contribution is -2.39. The molecule has 6 nitrogen and oxygen atoms in total. The molecule has 1 unspecified atom stereocenters. The van der Waals surface area contributed by atoms with Crippen LogP contribution >= 0.6 is 11.3 Å². The number of aromatic nitrogens is 1. The van der Waals surface area contributed by atoms with Crippen molar-refractivity contribution < 1.29 is 23.2 Å². The van der Waals surface area contributed by atoms with Crippen molar-refractivity contribution in [2.24, 2.45) is 0 Å². The first-order chi connectivity index (χ1) is 13.8. The van der Waals surface area contributed by atoms with Crippen molar-refractivity contribution in [1.82, 2.24) is 9.88 Å². The molecule has 1 aromatic carbocycles. The minimum Gasteiger partial charge on any atom is -0.612 e. The number of hydrogen-bond acceptors (Lipinski definition) is 6. The highest BCUT2D eigenvalue weighted by atomic mass is 32.2. The van der Waals surface area contributed by atoms with Crippen LogP contribution in [0.15, 0.2) is 28.5 Å². The van der Waals surface area contributed by atoms with Gasteiger partial charge < -0.3 is 18.9 Å². The maximum absolute atomic E-state index is 14.1. The molecule has 1 atom stereocenters. The molecule has 2 heterocycles. The largest absolute Gasteiger partial charge is 0.612 e. The Balaban J connectivity index is 1.52. The SMILES string of the molecule is CC(C)OC(=O)N1CCC(c2nc(COc3ccc([S+](C)[O-])cc3F)cs2)CC1. The number of amides is 1. The maximum atomic E-state index is 14.1. The Morgan fingerprint density at radius 3 is 2.76 bits per heavy atom. The summed E-state index contributed by atoms with van der Waals surface area (Å²) in [6, 6.07) is 4.32. The Hall–Kier alpha value is -1.84. The number of piperidine rings is 1. The fourth-order valence-electron chi connectivity index (χ4n) is 3.09. The third-order valence-electron chi connectivity index (χ3n) is 4.62. The second-order valence-electron chi connectivity index (χ2n) is 7.21. The van der Waals surface area contributed by atoms with E-state index in [9.17, 15) is 13.7 Å². The van der Waals surface area contributed by atoms with E-state index in [-0.39, 0.29) is 24.6 Å². The molecule has 29 heavy (non-hydrogen) atoms. The number of thiazole rings is 1. The molecule has 1 amide bonds. The number of hydrogen-bond donors (Lipinski definition) is 0. The highest BCUT2D eigenvalue weighted by Crippen LogP contribution is 2.31. The van der Waals surface area contributed by atoms with E-state index in [4.69, 9.17) is 9.47 Å². The minimum atomic E-state index is -1.23. The number of nitrogens with zero attached hydrogens (tertiary/aromatic N) is 2. The average Bonchev–Trinajstić information content (AvgIpc) is 3.15. The van der Waals surface area contributed by atoms with Crippen LogP contribution in [0.5, 0.6) is 5.75 Å². The van der Waals surface area contributed by atoms with Gasteiger partial charge in [-0.05, 0) is 50.0 Å². The monoisotopic (exact) mass is 440 g/mol. The summed E-state index contributed by atoms with van der Waals surface area (Å²) in [5.74, 6) is -0.119. The van der Waals surface area contributed by atoms with Crippen LogP contribution in [0.1, 0.15) is 43.3 Å². The van der Waals surface area contributed by atoms with E-state index in [1.807, 2.05) is 19.2 Å². The van der Waals surface area contributed by atoms with Gasteiger partial charge in [-0.25, -0.2) is 14.2 Å². The fourth-order valence-corrected chi connectivity index (χ4v) is 4.60. The van der Waals surface area contributed by atoms with Gasteiger partial charge in [0.05, 0.1) is 16.8 Å². The molecule has 0 N–H and O–H groups in total. The number of carbonyl (C=O) groups excluding carboxylic acids is 1. The van der Waals surface area contributed by atoms with Gasteiger partial charge in [0.2, 0.25) is 0 Å². The van der Waals surface area contributed by atoms with Crippen molar-refractivity contribution >= 4 is 28.6 Å². The third-order valence-corrected chi connectivity index (χ3v) is 6.59. The van der Waals surface area contributed by atoms with Gasteiger partial charge in [-0.15, -0.1) is 11.3 Å². The molecule has 1 aliphatic rings. The standard InChI is InChI=1S/C20H25FN2O4S2/c1-13(2)27-20(24)23-8-6-14(7-9-23)19-22-15(12-28-19)11-26-18-5-4-16(29(3)25)10-17(18)21/h4-5,10,12-14H,6-9,11H2,1-3H3. The summed E-state index contributed by atoms with van der Waals surface area (Å²) < 4.78 is 36.3. The van der Waals surface area contributed by atoms with Crippen molar-refractivity contribution in [3.63, 3.8) is 0 Å². The van der Waals surface area contributed by atoms with Crippen LogP contribution in [-0.2, 0) is 22.5 Å². The molecular formula is C20H25FN2O4S2. The molecule has 1 aliphatic heterocycles. The highest BCUT2D eigenvalue weighted by Gasteiger charge is 2.27. The molecule has 158 valence electrons. The first-order valence-electron chi connectivity index (χ1n) is 9.49. The molecule has 0 bridgehead atoms. The van der Waals surface area contributed by atoms with Crippen molar-refractivity contribution in [3.8, 4) is 5.75 Å². The Morgan fingerprint density at radius 1 is 1.41 bits per heavy atom. The van der Waals surface area contributed by atoms with Gasteiger partial charge in [-0.3, -0.25) is 0 Å². The molecule has 1 fully saturated rings. The van der Waals surface area contributed by atoms with E-state index in [1.54, 1.807) is 22.3 Å². The number of likely N-dealkylation sites (tertiary alicyclic amines) is 1. The third kappa shape index (κ3) is 5.83. The van der Waals surface area contributed by atoms with Gasteiger partial charge in [0.1, 0.15) is 12.9 Å². The predicted molar refractivity (Wildman–Crippen MR) is 110 cm³/mol. The first-order valence-corrected chi connectivity index (χ1v) is 11.9. The van der Waals surface area contributed by atoms with Crippen molar-refractivity contribution in [3.05, 3.63) is 40.1 Å². The van der Waals surface area contributed by atoms with Gasteiger partial charge in [-0.1, -0.05) is 0 Å². The molecule has 0 spiro atoms. The van der Waals surface area contributed by atoms with E-state index in [2.05, 4.69) is 4.98 Å². The van der Waals surface area contributed by atoms with E-state index in [1.165, 1.54) is 18.4 Å². The molecule has 0 radical (unpaired) electrons. The summed E-state index contributed by atoms with van der Waals surface area (Å²) in [6.45, 7) is 5.15. The van der Waals surface area contributed by atoms with Crippen LogP contribution in [0.2, 0.25) is 0 Å². The van der Waals surface area contributed by atoms with Crippen LogP contribution in [-0.4, -0.2) is 46.0 Å². The average molecular weight is 441 g/mol. The van der Waals surface area contributed by atoms with Crippen LogP contribution in [0.4, 0.5) is 9.18 Å². The molecule has 9 heteroatoms. The van der Waals surface area contributed by atoms with Crippen molar-refractivity contribution in [2.45, 2.75) is 50.2 Å². The Labute approximate surface area is 177 Å². The second kappa shape index (κ2) is 9.77. The Kier molecular flexibility index (Phi) is 7.37. The number of rotatable bonds is 6. The number of ether oxygens (including phenoxy) is 2. The topological polar surface area (TPSA) is 74.7 Å². The van der Waals surface area contributed by atoms with Crippen LogP contribution in [0, 0.1) is 5.82 Å². The molecular weight excluding hydrogens is 415 g/mol. The lowest BCUT2D eigenvalue weighted by Gasteiger charge is -2.30. The van der Waals surface area contributed by atoms with Crippen LogP contribution in [0.25, 0.3) is 0 Å². The summed E-state index contributed by atoms with van der Waals surface area (Å²) in [7, 11) is 0. The van der Waals surface area contributed by atoms with Crippen molar-refractivity contribution in [1.29, 1.82) is 0 Å². The van der Waals surface area contributed by atoms with Gasteiger partial charge in [0.15, 0.2) is 16.5 Å². The molecule has 2 aromatic rings. The zero-order valence-electron chi connectivity index (χ0n) is 16.7. The number of benzene rings is 1. The smallest absolute Gasteiger partial charge is 0.410 e. The van der Waals surface area contributed by atoms with Gasteiger partial charge in [0.25, 0.3) is 0 Å². The lowest BCUT2D eigenvalue weighted by molar-refractivity contribution is 0.0691. The quantitative estimate of drug-likeness (QED) is 0.625. The molecule has 1 saturated heterocycles. The van der Waals surface area contributed by atoms with Gasteiger partial charge >= 0.3 is 6.09 Å². The normalized spacial score (nSPS) is 16.1. The number of carbonyl (C=O) groups is 1. The summed E-state index contributed by atoms with van der Waals surface area (Å²) in [5, 5.41) is 2.93. The first kappa shape index (κ1) is 21.9. The lowest BCUT2D eigenvalue weighted by atomic mass is 9.98. The Morgan fingerprint density at radius 2 is 2.14 bits per heavy atom. The van der Waals surface area contributed by atoms with Gasteiger partial charge in [-0.2, -0.15) is 0 Å². The molecule has 3 rings (SSSR count). The zero-order chi connectivity index (χ0) is 21.0. The highest BCUT2D eigenvalue weighted by molar-refractivity contribution is 7.90. The van der Waals surface area contributed by atoms with Gasteiger partial charge in [0, 0.05) is 30.5 Å². The molecule has 0 saturated carbocycles. The second-order valence-corrected chi connectivity index (χ2v) is 9.48. The van der Waals surface area contributed by atoms with E-state index in [0.29, 0.717) is 23.9 Å². The fraction of sp³-hybridized carbons (Fsp3) is 0.500. The van der Waals surface area contributed by atoms with E-state index in [0.717, 1.165) is 23.5 Å². The molecule has 0 aliphatic carbocycles. The minimum absolute atomic E-state index is 0.116. The summed E-state index contributed by atoms with van der Waals surface area (Å²) >= 11 is 0.328. The summed E-state index contributed by atoms with van der Waals surface area (Å²) in [4.78, 5) is 18.8. The van der Waals surface area contributed by atoms with E-state index >= 15 is 0 Å². The summed E-state index contributed by atoms with van der Waals surface area (Å²) in [5.41, 5.74) is 0.745. The predicted octanol–water partition coefficient (Wildman–Crippen LogP) is 4.32. The summed E-state index contributed by atoms with van der Waals surface area (Å²) in [6.07, 6.45) is 2.80. The molecule has 1 aromatic heterocycles. The van der Waals surface area contributed by atoms with Crippen LogP contribution in [0.3, 0.4) is 0 Å². The number of halogens is 1.